The molecule has 3 heterocycles. The van der Waals surface area contributed by atoms with Crippen LogP contribution in [0, 0.1) is 0 Å². The summed E-state index contributed by atoms with van der Waals surface area (Å²) in [5.41, 5.74) is 9.60. The van der Waals surface area contributed by atoms with Crippen LogP contribution in [0.3, 0.4) is 0 Å². The Morgan fingerprint density at radius 1 is 1.11 bits per heavy atom. The molecule has 0 saturated heterocycles. The third kappa shape index (κ3) is 4.90. The van der Waals surface area contributed by atoms with Gasteiger partial charge in [-0.25, -0.2) is 17.7 Å². The molecule has 4 aromatic rings. The summed E-state index contributed by atoms with van der Waals surface area (Å²) in [7, 11) is -0.449. The molecule has 1 aliphatic carbocycles. The van der Waals surface area contributed by atoms with E-state index < -0.39 is 10.0 Å². The van der Waals surface area contributed by atoms with E-state index in [-0.39, 0.29) is 10.9 Å². The smallest absolute Gasteiger partial charge is 0.242 e. The lowest BCUT2D eigenvalue weighted by atomic mass is 9.92. The van der Waals surface area contributed by atoms with Crippen molar-refractivity contribution < 1.29 is 8.42 Å². The Morgan fingerprint density at radius 2 is 1.86 bits per heavy atom. The Bertz CT molecular complexity index is 1410. The third-order valence-corrected chi connectivity index (χ3v) is 8.85. The van der Waals surface area contributed by atoms with Crippen molar-refractivity contribution in [2.75, 3.05) is 24.7 Å². The van der Waals surface area contributed by atoms with Gasteiger partial charge in [-0.1, -0.05) is 0 Å². The quantitative estimate of drug-likeness (QED) is 0.341. The van der Waals surface area contributed by atoms with E-state index in [2.05, 4.69) is 27.2 Å². The summed E-state index contributed by atoms with van der Waals surface area (Å²) in [5.74, 6) is 1.50. The van der Waals surface area contributed by atoms with Gasteiger partial charge in [-0.05, 0) is 72.3 Å². The van der Waals surface area contributed by atoms with Crippen molar-refractivity contribution in [2.45, 2.75) is 42.7 Å². The molecule has 0 spiro atoms. The second-order valence-corrected chi connectivity index (χ2v) is 12.0. The van der Waals surface area contributed by atoms with Gasteiger partial charge in [-0.15, -0.1) is 0 Å². The molecule has 0 atom stereocenters. The molecule has 1 aromatic carbocycles. The van der Waals surface area contributed by atoms with Crippen LogP contribution in [-0.2, 0) is 10.0 Å². The number of nitrogens with two attached hydrogens (primary N) is 1. The van der Waals surface area contributed by atoms with E-state index in [0.29, 0.717) is 6.04 Å². The molecule has 11 heteroatoms. The minimum absolute atomic E-state index is 0.240. The molecular formula is C24H29N7O2S2. The number of aromatic nitrogens is 3. The first-order chi connectivity index (χ1) is 16.8. The highest BCUT2D eigenvalue weighted by Gasteiger charge is 2.21. The highest BCUT2D eigenvalue weighted by molar-refractivity contribution is 7.89. The number of thiophene rings is 1. The number of benzene rings is 1. The van der Waals surface area contributed by atoms with E-state index >= 15 is 0 Å². The molecule has 5 rings (SSSR count). The van der Waals surface area contributed by atoms with E-state index in [1.165, 1.54) is 18.4 Å². The van der Waals surface area contributed by atoms with Crippen LogP contribution >= 0.6 is 11.3 Å². The number of hydrogen-bond donors (Lipinski definition) is 3. The van der Waals surface area contributed by atoms with Crippen LogP contribution in [-0.4, -0.2) is 53.5 Å². The molecule has 3 aromatic heterocycles. The summed E-state index contributed by atoms with van der Waals surface area (Å²) in [6.07, 6.45) is 5.84. The number of nitrogens with one attached hydrogen (secondary N) is 2. The molecule has 35 heavy (non-hydrogen) atoms. The van der Waals surface area contributed by atoms with E-state index in [9.17, 15) is 8.42 Å². The van der Waals surface area contributed by atoms with E-state index in [0.717, 1.165) is 59.8 Å². The molecule has 0 radical (unpaired) electrons. The Hall–Kier alpha value is -2.99. The highest BCUT2D eigenvalue weighted by Crippen LogP contribution is 2.31. The normalized spacial score (nSPS) is 18.7. The largest absolute Gasteiger partial charge is 0.367 e. The first-order valence-corrected chi connectivity index (χ1v) is 13.9. The van der Waals surface area contributed by atoms with Gasteiger partial charge in [-0.3, -0.25) is 0 Å². The zero-order chi connectivity index (χ0) is 24.6. The number of rotatable bonds is 7. The van der Waals surface area contributed by atoms with Gasteiger partial charge in [0.25, 0.3) is 0 Å². The maximum Gasteiger partial charge on any atom is 0.242 e. The van der Waals surface area contributed by atoms with Crippen LogP contribution < -0.4 is 16.4 Å². The van der Waals surface area contributed by atoms with Crippen molar-refractivity contribution in [1.82, 2.24) is 18.9 Å². The van der Waals surface area contributed by atoms with Gasteiger partial charge in [0.2, 0.25) is 10.0 Å². The third-order valence-electron chi connectivity index (χ3n) is 6.33. The molecule has 1 saturated carbocycles. The molecule has 0 amide bonds. The Labute approximate surface area is 209 Å². The van der Waals surface area contributed by atoms with Crippen LogP contribution in [0.15, 0.2) is 58.3 Å². The van der Waals surface area contributed by atoms with Crippen LogP contribution in [0.5, 0.6) is 0 Å². The molecular weight excluding hydrogens is 482 g/mol. The molecule has 0 bridgehead atoms. The maximum absolute atomic E-state index is 12.4. The minimum atomic E-state index is -3.49. The predicted molar refractivity (Wildman–Crippen MR) is 141 cm³/mol. The van der Waals surface area contributed by atoms with Crippen LogP contribution in [0.4, 0.5) is 17.3 Å². The highest BCUT2D eigenvalue weighted by atomic mass is 32.2. The number of sulfonamides is 1. The summed E-state index contributed by atoms with van der Waals surface area (Å²) in [5, 5.41) is 15.7. The van der Waals surface area contributed by atoms with E-state index in [1.54, 1.807) is 40.1 Å². The average Bonchev–Trinajstić information content (AvgIpc) is 3.51. The fraction of sp³-hybridized carbons (Fsp3) is 0.333. The molecule has 184 valence electrons. The Kier molecular flexibility index (Phi) is 6.49. The molecule has 0 aliphatic heterocycles. The molecule has 9 nitrogen and oxygen atoms in total. The second-order valence-electron chi connectivity index (χ2n) is 9.03. The molecule has 1 fully saturated rings. The van der Waals surface area contributed by atoms with Gasteiger partial charge < -0.3 is 16.4 Å². The van der Waals surface area contributed by atoms with Gasteiger partial charge in [-0.2, -0.15) is 21.0 Å². The standard InChI is InChI=1S/C24H29N7O2S2/c1-30(2)35(32,33)20-9-7-19(8-10-20)28-23-13-22(27-18-5-3-17(25)4-6-18)29-24-21(14-26-31(23)24)16-11-12-34-15-16/h7-15,17-18,28H,3-6,25H2,1-2H3,(H,27,29)/t17-,18-. The lowest BCUT2D eigenvalue weighted by Gasteiger charge is -2.27. The van der Waals surface area contributed by atoms with Gasteiger partial charge in [0.15, 0.2) is 5.65 Å². The van der Waals surface area contributed by atoms with Crippen molar-refractivity contribution in [3.05, 3.63) is 53.4 Å². The van der Waals surface area contributed by atoms with Crippen LogP contribution in [0.25, 0.3) is 16.8 Å². The summed E-state index contributed by atoms with van der Waals surface area (Å²) < 4.78 is 27.8. The van der Waals surface area contributed by atoms with Gasteiger partial charge >= 0.3 is 0 Å². The summed E-state index contributed by atoms with van der Waals surface area (Å²) >= 11 is 1.63. The minimum Gasteiger partial charge on any atom is -0.367 e. The zero-order valence-corrected chi connectivity index (χ0v) is 21.3. The van der Waals surface area contributed by atoms with Crippen molar-refractivity contribution in [3.8, 4) is 11.1 Å². The summed E-state index contributed by atoms with van der Waals surface area (Å²) in [6, 6.07) is 11.3. The molecule has 1 aliphatic rings. The van der Waals surface area contributed by atoms with Crippen molar-refractivity contribution in [1.29, 1.82) is 0 Å². The van der Waals surface area contributed by atoms with Crippen LogP contribution in [0.2, 0.25) is 0 Å². The zero-order valence-electron chi connectivity index (χ0n) is 19.7. The monoisotopic (exact) mass is 511 g/mol. The lowest BCUT2D eigenvalue weighted by Crippen LogP contribution is -2.33. The first-order valence-electron chi connectivity index (χ1n) is 11.5. The van der Waals surface area contributed by atoms with Gasteiger partial charge in [0.1, 0.15) is 11.6 Å². The van der Waals surface area contributed by atoms with Crippen LogP contribution in [0.1, 0.15) is 25.7 Å². The SMILES string of the molecule is CN(C)S(=O)(=O)c1ccc(Nc2cc(N[C@H]3CC[C@H](N)CC3)nc3c(-c4ccsc4)cnn23)cc1. The van der Waals surface area contributed by atoms with Crippen molar-refractivity contribution in [2.24, 2.45) is 5.73 Å². The molecule has 4 N–H and O–H groups in total. The number of nitrogens with zero attached hydrogens (tertiary/aromatic N) is 4. The average molecular weight is 512 g/mol. The Balaban J connectivity index is 1.50. The lowest BCUT2D eigenvalue weighted by molar-refractivity contribution is 0.410. The maximum atomic E-state index is 12.4. The topological polar surface area (TPSA) is 118 Å². The first kappa shape index (κ1) is 23.7. The fourth-order valence-electron chi connectivity index (χ4n) is 4.29. The summed E-state index contributed by atoms with van der Waals surface area (Å²) in [4.78, 5) is 5.15. The number of anilines is 3. The van der Waals surface area contributed by atoms with E-state index in [1.807, 2.05) is 17.6 Å². The van der Waals surface area contributed by atoms with Crippen molar-refractivity contribution >= 4 is 44.3 Å². The Morgan fingerprint density at radius 3 is 2.51 bits per heavy atom. The predicted octanol–water partition coefficient (Wildman–Crippen LogP) is 4.13. The number of fused-ring (bicyclic) bond motifs is 1. The molecule has 0 unspecified atom stereocenters. The van der Waals surface area contributed by atoms with E-state index in [4.69, 9.17) is 10.7 Å². The van der Waals surface area contributed by atoms with Gasteiger partial charge in [0, 0.05) is 43.5 Å². The van der Waals surface area contributed by atoms with Gasteiger partial charge in [0.05, 0.1) is 11.1 Å². The fourth-order valence-corrected chi connectivity index (χ4v) is 5.85. The van der Waals surface area contributed by atoms with Crippen molar-refractivity contribution in [3.63, 3.8) is 0 Å². The summed E-state index contributed by atoms with van der Waals surface area (Å²) in [6.45, 7) is 0. The second kappa shape index (κ2) is 9.57. The number of hydrogen-bond acceptors (Lipinski definition) is 8.